The van der Waals surface area contributed by atoms with Gasteiger partial charge in [-0.15, -0.1) is 33.3 Å². The summed E-state index contributed by atoms with van der Waals surface area (Å²) >= 11 is 8.76. The first-order valence-electron chi connectivity index (χ1n) is 21.4. The Bertz CT molecular complexity index is 2450. The molecule has 5 heterocycles. The molecule has 6 atom stereocenters. The number of halogens is 1. The van der Waals surface area contributed by atoms with Crippen molar-refractivity contribution in [1.29, 1.82) is 0 Å². The Hall–Kier alpha value is -5.87. The van der Waals surface area contributed by atoms with Crippen molar-refractivity contribution in [2.24, 2.45) is 16.1 Å². The molecule has 8 amide bonds. The molecule has 3 aliphatic rings. The van der Waals surface area contributed by atoms with Crippen LogP contribution in [0.15, 0.2) is 29.3 Å². The first kappa shape index (κ1) is 49.6. The number of benzene rings is 1. The number of aliphatic imine (C=N–C) groups is 1. The predicted molar refractivity (Wildman–Crippen MR) is 248 cm³/mol. The normalized spacial score (nSPS) is 23.9. The molecule has 20 nitrogen and oxygen atoms in total. The average Bonchev–Trinajstić information content (AvgIpc) is 3.95. The summed E-state index contributed by atoms with van der Waals surface area (Å²) in [6.45, 7) is 11.7. The number of thioether (sulfide) groups is 1. The molecule has 0 unspecified atom stereocenters. The Morgan fingerprint density at radius 1 is 0.939 bits per heavy atom. The first-order valence-corrected chi connectivity index (χ1v) is 23.8. The predicted octanol–water partition coefficient (Wildman–Crippen LogP) is 0.650. The van der Waals surface area contributed by atoms with Gasteiger partial charge in [-0.05, 0) is 63.6 Å². The molecule has 0 bridgehead atoms. The highest BCUT2D eigenvalue weighted by molar-refractivity contribution is 8.00. The number of hydrogen-bond donors (Lipinski definition) is 7. The van der Waals surface area contributed by atoms with Crippen LogP contribution < -0.4 is 37.6 Å². The lowest BCUT2D eigenvalue weighted by Gasteiger charge is -2.35. The van der Waals surface area contributed by atoms with Gasteiger partial charge in [0, 0.05) is 39.9 Å². The summed E-state index contributed by atoms with van der Waals surface area (Å²) in [6, 6.07) is 0.423. The van der Waals surface area contributed by atoms with Crippen molar-refractivity contribution in [2.45, 2.75) is 104 Å². The lowest BCUT2D eigenvalue weighted by Crippen LogP contribution is -2.59. The number of aryl methyl sites for hydroxylation is 2. The Balaban J connectivity index is 1.23. The number of nitrogens with zero attached hydrogens (tertiary/aromatic N) is 5. The van der Waals surface area contributed by atoms with E-state index in [0.29, 0.717) is 35.2 Å². The van der Waals surface area contributed by atoms with Crippen molar-refractivity contribution < 1.29 is 38.4 Å². The van der Waals surface area contributed by atoms with E-state index in [1.807, 2.05) is 30.5 Å². The number of carbonyl (C=O) groups excluding carboxylic acids is 8. The zero-order valence-corrected chi connectivity index (χ0v) is 40.1. The van der Waals surface area contributed by atoms with E-state index in [9.17, 15) is 38.4 Å². The number of aromatic nitrogens is 3. The summed E-state index contributed by atoms with van der Waals surface area (Å²) in [7, 11) is 0. The molecular weight excluding hydrogens is 912 g/mol. The van der Waals surface area contributed by atoms with Gasteiger partial charge in [-0.3, -0.25) is 47.9 Å². The SMILES string of the molecule is Cc1sc2c(c1C)C(c1ccc(Cl)cc1)=N[C@@H](CC(=O)NC[C@H]1NC(=O)CNC(=O)[C@@H](C)NC(=O)[C@@H]3CCCN3C(=O)[C@H](C(C)(C)C)NC(=O)CSC[C@H](C(N)=O)NC1=O)c1nnc(C)n1-2. The van der Waals surface area contributed by atoms with E-state index < -0.39 is 102 Å². The van der Waals surface area contributed by atoms with E-state index in [2.05, 4.69) is 42.1 Å². The van der Waals surface area contributed by atoms with Gasteiger partial charge in [0.2, 0.25) is 47.3 Å². The smallest absolute Gasteiger partial charge is 0.246 e. The van der Waals surface area contributed by atoms with Crippen molar-refractivity contribution >= 4 is 87.7 Å². The Morgan fingerprint density at radius 3 is 2.33 bits per heavy atom. The molecular formula is C43H55ClN12O8S2. The fourth-order valence-electron chi connectivity index (χ4n) is 7.80. The van der Waals surface area contributed by atoms with Crippen LogP contribution in [0.5, 0.6) is 0 Å². The van der Waals surface area contributed by atoms with E-state index in [1.54, 1.807) is 51.2 Å². The minimum Gasteiger partial charge on any atom is -0.368 e. The lowest BCUT2D eigenvalue weighted by molar-refractivity contribution is -0.144. The molecule has 23 heteroatoms. The fraction of sp³-hybridized carbons (Fsp3) is 0.512. The van der Waals surface area contributed by atoms with E-state index in [-0.39, 0.29) is 24.5 Å². The summed E-state index contributed by atoms with van der Waals surface area (Å²) in [5, 5.41) is 25.7. The molecule has 3 aliphatic heterocycles. The second kappa shape index (κ2) is 20.7. The summed E-state index contributed by atoms with van der Waals surface area (Å²) in [5.41, 5.74) is 8.16. The highest BCUT2D eigenvalue weighted by atomic mass is 35.5. The largest absolute Gasteiger partial charge is 0.368 e. The lowest BCUT2D eigenvalue weighted by atomic mass is 9.85. The third-order valence-electron chi connectivity index (χ3n) is 11.5. The van der Waals surface area contributed by atoms with Gasteiger partial charge in [-0.2, -0.15) is 0 Å². The molecule has 2 aromatic heterocycles. The molecule has 1 aromatic carbocycles. The highest BCUT2D eigenvalue weighted by Gasteiger charge is 2.42. The number of rotatable bonds is 6. The maximum absolute atomic E-state index is 13.9. The first-order chi connectivity index (χ1) is 31.1. The Morgan fingerprint density at radius 2 is 1.65 bits per heavy atom. The van der Waals surface area contributed by atoms with Gasteiger partial charge in [0.25, 0.3) is 0 Å². The topological polar surface area (TPSA) is 281 Å². The molecule has 0 radical (unpaired) electrons. The van der Waals surface area contributed by atoms with Crippen molar-refractivity contribution in [3.63, 3.8) is 0 Å². The highest BCUT2D eigenvalue weighted by Crippen LogP contribution is 2.39. The molecule has 66 heavy (non-hydrogen) atoms. The van der Waals surface area contributed by atoms with Crippen LogP contribution in [0.2, 0.25) is 5.02 Å². The minimum atomic E-state index is -1.50. The maximum atomic E-state index is 13.9. The quantitative estimate of drug-likeness (QED) is 0.180. The molecule has 0 spiro atoms. The van der Waals surface area contributed by atoms with E-state index in [1.165, 1.54) is 11.8 Å². The van der Waals surface area contributed by atoms with Gasteiger partial charge < -0.3 is 42.5 Å². The van der Waals surface area contributed by atoms with Gasteiger partial charge >= 0.3 is 0 Å². The Kier molecular flexibility index (Phi) is 15.6. The maximum Gasteiger partial charge on any atom is 0.246 e. The zero-order chi connectivity index (χ0) is 48.2. The van der Waals surface area contributed by atoms with Crippen LogP contribution in [0, 0.1) is 26.2 Å². The number of nitrogens with two attached hydrogens (primary N) is 1. The summed E-state index contributed by atoms with van der Waals surface area (Å²) in [5.74, 6) is -4.98. The van der Waals surface area contributed by atoms with Crippen LogP contribution in [0.1, 0.15) is 86.2 Å². The van der Waals surface area contributed by atoms with Crippen molar-refractivity contribution in [1.82, 2.24) is 51.6 Å². The van der Waals surface area contributed by atoms with E-state index in [4.69, 9.17) is 22.3 Å². The van der Waals surface area contributed by atoms with Gasteiger partial charge in [0.15, 0.2) is 5.82 Å². The number of primary amides is 1. The van der Waals surface area contributed by atoms with Crippen molar-refractivity contribution in [3.8, 4) is 5.00 Å². The number of hydrogen-bond acceptors (Lipinski definition) is 13. The average molecular weight is 968 g/mol. The molecule has 354 valence electrons. The van der Waals surface area contributed by atoms with E-state index in [0.717, 1.165) is 38.3 Å². The third kappa shape index (κ3) is 11.4. The molecule has 0 aliphatic carbocycles. The monoisotopic (exact) mass is 966 g/mol. The van der Waals surface area contributed by atoms with Crippen LogP contribution in [0.3, 0.4) is 0 Å². The van der Waals surface area contributed by atoms with Crippen LogP contribution >= 0.6 is 34.7 Å². The molecule has 6 rings (SSSR count). The number of fused-ring (bicyclic) bond motifs is 4. The van der Waals surface area contributed by atoms with Crippen LogP contribution in [0.25, 0.3) is 5.00 Å². The van der Waals surface area contributed by atoms with Gasteiger partial charge in [0.05, 0.1) is 24.4 Å². The standard InChI is InChI=1S/C43H55ClN12O8S2/c1-20-22(3)66-42-33(20)34(24-10-12-25(44)13-11-24)50-26(37-54-53-23(4)56(37)42)15-30(57)46-16-27-39(62)51-28(36(45)60)18-65-19-32(59)52-35(43(5,6)7)41(64)55-14-8-9-29(55)40(63)48-21(2)38(61)47-17-31(58)49-27/h10-13,21,26-29,35H,8-9,14-19H2,1-7H3,(H2,45,60)(H,46,57)(H,47,61)(H,48,63)(H,49,58)(H,51,62)(H,52,59)/t21-,26+,27-,28-,29+,35-/m1/s1. The van der Waals surface area contributed by atoms with Gasteiger partial charge in [0.1, 0.15) is 47.1 Å². The van der Waals surface area contributed by atoms with E-state index >= 15 is 0 Å². The van der Waals surface area contributed by atoms with Crippen LogP contribution in [-0.4, -0.2) is 134 Å². The minimum absolute atomic E-state index is 0.168. The number of carbonyl (C=O) groups is 8. The third-order valence-corrected chi connectivity index (χ3v) is 14.0. The second-order valence-corrected chi connectivity index (χ2v) is 20.2. The van der Waals surface area contributed by atoms with Crippen LogP contribution in [-0.2, 0) is 38.4 Å². The molecule has 2 fully saturated rings. The molecule has 2 saturated heterocycles. The second-order valence-electron chi connectivity index (χ2n) is 17.5. The molecule has 3 aromatic rings. The van der Waals surface area contributed by atoms with Gasteiger partial charge in [-0.1, -0.05) is 44.5 Å². The summed E-state index contributed by atoms with van der Waals surface area (Å²) < 4.78 is 1.88. The zero-order valence-electron chi connectivity index (χ0n) is 37.7. The Labute approximate surface area is 394 Å². The molecule has 8 N–H and O–H groups in total. The van der Waals surface area contributed by atoms with Crippen LogP contribution in [0.4, 0.5) is 0 Å². The summed E-state index contributed by atoms with van der Waals surface area (Å²) in [6.07, 6.45) is 0.593. The number of thiophene rings is 1. The molecule has 0 saturated carbocycles. The number of nitrogens with one attached hydrogen (secondary N) is 6. The number of amides is 8. The van der Waals surface area contributed by atoms with Crippen molar-refractivity contribution in [3.05, 3.63) is 62.5 Å². The van der Waals surface area contributed by atoms with Crippen molar-refractivity contribution in [2.75, 3.05) is 31.1 Å². The fourth-order valence-corrected chi connectivity index (χ4v) is 10.0. The summed E-state index contributed by atoms with van der Waals surface area (Å²) in [4.78, 5) is 115. The van der Waals surface area contributed by atoms with Gasteiger partial charge in [-0.25, -0.2) is 0 Å².